The largest absolute Gasteiger partial charge is 0.346 e. The highest BCUT2D eigenvalue weighted by atomic mass is 16.1. The number of aromatic nitrogens is 2. The first kappa shape index (κ1) is 18.6. The third kappa shape index (κ3) is 3.61. The van der Waals surface area contributed by atoms with E-state index in [0.717, 1.165) is 28.9 Å². The fraction of sp³-hybridized carbons (Fsp3) is 0.231. The summed E-state index contributed by atoms with van der Waals surface area (Å²) in [6.07, 6.45) is 8.73. The second kappa shape index (κ2) is 7.79. The number of benzene rings is 2. The van der Waals surface area contributed by atoms with Crippen LogP contribution in [0.5, 0.6) is 0 Å². The van der Waals surface area contributed by atoms with Crippen molar-refractivity contribution < 1.29 is 4.79 Å². The fourth-order valence-electron chi connectivity index (χ4n) is 4.26. The number of hydrogen-bond donors (Lipinski definition) is 1. The van der Waals surface area contributed by atoms with Gasteiger partial charge >= 0.3 is 0 Å². The van der Waals surface area contributed by atoms with Crippen LogP contribution in [0.15, 0.2) is 73.1 Å². The Balaban J connectivity index is 1.35. The van der Waals surface area contributed by atoms with Gasteiger partial charge in [-0.1, -0.05) is 48.5 Å². The predicted octanol–water partition coefficient (Wildman–Crippen LogP) is 5.37. The number of carbonyl (C=O) groups excluding carboxylic acids is 1. The van der Waals surface area contributed by atoms with Gasteiger partial charge in [0.05, 0.1) is 11.7 Å². The molecule has 0 bridgehead atoms. The standard InChI is InChI=1S/C26H25N3O/c1-18(21-12-11-19-7-5-6-10-22(19)15-21)27-26(30)23-13-14-29-17-24(28-25(29)16-23)20-8-3-2-4-9-20/h2-4,8-9,11-18H,5-7,10H2,1H3,(H,27,30). The molecular formula is C26H25N3O. The van der Waals surface area contributed by atoms with Gasteiger partial charge in [-0.15, -0.1) is 0 Å². The highest BCUT2D eigenvalue weighted by molar-refractivity contribution is 5.95. The van der Waals surface area contributed by atoms with Crippen molar-refractivity contribution in [3.8, 4) is 11.3 Å². The zero-order valence-electron chi connectivity index (χ0n) is 17.1. The molecule has 1 amide bonds. The van der Waals surface area contributed by atoms with Crippen molar-refractivity contribution in [1.82, 2.24) is 14.7 Å². The maximum absolute atomic E-state index is 12.9. The third-order valence-electron chi connectivity index (χ3n) is 6.01. The summed E-state index contributed by atoms with van der Waals surface area (Å²) in [5, 5.41) is 3.15. The number of carbonyl (C=O) groups is 1. The molecule has 5 rings (SSSR count). The van der Waals surface area contributed by atoms with E-state index in [1.54, 1.807) is 0 Å². The molecule has 4 heteroatoms. The number of hydrogen-bond acceptors (Lipinski definition) is 2. The number of fused-ring (bicyclic) bond motifs is 2. The van der Waals surface area contributed by atoms with Crippen molar-refractivity contribution >= 4 is 11.6 Å². The van der Waals surface area contributed by atoms with Crippen LogP contribution in [0.25, 0.3) is 16.9 Å². The average molecular weight is 396 g/mol. The van der Waals surface area contributed by atoms with E-state index in [2.05, 4.69) is 23.5 Å². The molecule has 4 nitrogen and oxygen atoms in total. The van der Waals surface area contributed by atoms with Gasteiger partial charge in [0.15, 0.2) is 0 Å². The Morgan fingerprint density at radius 3 is 2.63 bits per heavy atom. The molecule has 150 valence electrons. The van der Waals surface area contributed by atoms with Gasteiger partial charge in [0, 0.05) is 23.5 Å². The van der Waals surface area contributed by atoms with Crippen LogP contribution >= 0.6 is 0 Å². The van der Waals surface area contributed by atoms with Gasteiger partial charge < -0.3 is 9.72 Å². The molecule has 1 aliphatic rings. The molecule has 0 spiro atoms. The van der Waals surface area contributed by atoms with Crippen LogP contribution in [0.3, 0.4) is 0 Å². The summed E-state index contributed by atoms with van der Waals surface area (Å²) in [7, 11) is 0. The summed E-state index contributed by atoms with van der Waals surface area (Å²) in [6.45, 7) is 2.05. The second-order valence-corrected chi connectivity index (χ2v) is 8.10. The van der Waals surface area contributed by atoms with E-state index in [4.69, 9.17) is 4.98 Å². The quantitative estimate of drug-likeness (QED) is 0.505. The van der Waals surface area contributed by atoms with Gasteiger partial charge in [-0.3, -0.25) is 4.79 Å². The van der Waals surface area contributed by atoms with E-state index in [1.165, 1.54) is 30.4 Å². The van der Waals surface area contributed by atoms with Crippen molar-refractivity contribution in [1.29, 1.82) is 0 Å². The second-order valence-electron chi connectivity index (χ2n) is 8.10. The van der Waals surface area contributed by atoms with Gasteiger partial charge in [0.1, 0.15) is 5.65 Å². The number of amides is 1. The Morgan fingerprint density at radius 2 is 1.80 bits per heavy atom. The van der Waals surface area contributed by atoms with Crippen molar-refractivity contribution in [2.45, 2.75) is 38.6 Å². The van der Waals surface area contributed by atoms with Crippen LogP contribution < -0.4 is 5.32 Å². The summed E-state index contributed by atoms with van der Waals surface area (Å²) in [5.74, 6) is -0.0769. The molecule has 0 saturated carbocycles. The average Bonchev–Trinajstić information content (AvgIpc) is 3.23. The molecule has 2 aromatic carbocycles. The molecule has 0 fully saturated rings. The number of nitrogens with one attached hydrogen (secondary N) is 1. The van der Waals surface area contributed by atoms with E-state index in [9.17, 15) is 4.79 Å². The number of imidazole rings is 1. The SMILES string of the molecule is CC(NC(=O)c1ccn2cc(-c3ccccc3)nc2c1)c1ccc2c(c1)CCCC2. The molecule has 2 aromatic heterocycles. The zero-order chi connectivity index (χ0) is 20.5. The first-order valence-corrected chi connectivity index (χ1v) is 10.6. The van der Waals surface area contributed by atoms with Crippen LogP contribution in [0.2, 0.25) is 0 Å². The van der Waals surface area contributed by atoms with E-state index in [0.29, 0.717) is 5.56 Å². The fourth-order valence-corrected chi connectivity index (χ4v) is 4.26. The summed E-state index contributed by atoms with van der Waals surface area (Å²) in [4.78, 5) is 17.6. The van der Waals surface area contributed by atoms with Gasteiger partial charge in [0.25, 0.3) is 5.91 Å². The topological polar surface area (TPSA) is 46.4 Å². The van der Waals surface area contributed by atoms with E-state index in [1.807, 2.05) is 66.2 Å². The van der Waals surface area contributed by atoms with Crippen molar-refractivity contribution in [2.75, 3.05) is 0 Å². The molecule has 1 atom stereocenters. The molecule has 30 heavy (non-hydrogen) atoms. The summed E-state index contributed by atoms with van der Waals surface area (Å²) < 4.78 is 1.95. The molecule has 2 heterocycles. The minimum atomic E-state index is -0.0769. The zero-order valence-corrected chi connectivity index (χ0v) is 17.1. The smallest absolute Gasteiger partial charge is 0.251 e. The molecule has 4 aromatic rings. The highest BCUT2D eigenvalue weighted by Gasteiger charge is 2.16. The Morgan fingerprint density at radius 1 is 1.00 bits per heavy atom. The minimum Gasteiger partial charge on any atom is -0.346 e. The molecule has 0 aliphatic heterocycles. The number of rotatable bonds is 4. The van der Waals surface area contributed by atoms with Gasteiger partial charge in [-0.25, -0.2) is 4.98 Å². The van der Waals surface area contributed by atoms with E-state index < -0.39 is 0 Å². The Kier molecular flexibility index (Phi) is 4.83. The van der Waals surface area contributed by atoms with Crippen molar-refractivity contribution in [2.24, 2.45) is 0 Å². The molecule has 0 saturated heterocycles. The van der Waals surface area contributed by atoms with E-state index >= 15 is 0 Å². The number of nitrogens with zero attached hydrogens (tertiary/aromatic N) is 2. The first-order chi connectivity index (χ1) is 14.7. The lowest BCUT2D eigenvalue weighted by Crippen LogP contribution is -2.27. The maximum Gasteiger partial charge on any atom is 0.251 e. The van der Waals surface area contributed by atoms with Crippen LogP contribution in [0, 0.1) is 0 Å². The Bertz CT molecular complexity index is 1210. The normalized spacial score (nSPS) is 14.3. The summed E-state index contributed by atoms with van der Waals surface area (Å²) in [5.41, 5.74) is 7.41. The van der Waals surface area contributed by atoms with Crippen LogP contribution in [-0.2, 0) is 12.8 Å². The van der Waals surface area contributed by atoms with Gasteiger partial charge in [0.2, 0.25) is 0 Å². The van der Waals surface area contributed by atoms with E-state index in [-0.39, 0.29) is 11.9 Å². The lowest BCUT2D eigenvalue weighted by atomic mass is 9.89. The van der Waals surface area contributed by atoms with Gasteiger partial charge in [-0.2, -0.15) is 0 Å². The van der Waals surface area contributed by atoms with Crippen molar-refractivity contribution in [3.05, 3.63) is 95.3 Å². The van der Waals surface area contributed by atoms with Gasteiger partial charge in [-0.05, 0) is 61.4 Å². The van der Waals surface area contributed by atoms with Crippen LogP contribution in [0.1, 0.15) is 52.9 Å². The number of pyridine rings is 1. The van der Waals surface area contributed by atoms with Crippen LogP contribution in [-0.4, -0.2) is 15.3 Å². The Labute approximate surface area is 176 Å². The minimum absolute atomic E-state index is 0.0411. The number of aryl methyl sites for hydroxylation is 2. The molecule has 1 unspecified atom stereocenters. The lowest BCUT2D eigenvalue weighted by Gasteiger charge is -2.20. The maximum atomic E-state index is 12.9. The predicted molar refractivity (Wildman–Crippen MR) is 120 cm³/mol. The Hall–Kier alpha value is -3.40. The van der Waals surface area contributed by atoms with Crippen molar-refractivity contribution in [3.63, 3.8) is 0 Å². The van der Waals surface area contributed by atoms with Crippen LogP contribution in [0.4, 0.5) is 0 Å². The summed E-state index contributed by atoms with van der Waals surface area (Å²) in [6, 6.07) is 20.4. The highest BCUT2D eigenvalue weighted by Crippen LogP contribution is 2.25. The third-order valence-corrected chi connectivity index (χ3v) is 6.01. The summed E-state index contributed by atoms with van der Waals surface area (Å²) >= 11 is 0. The first-order valence-electron chi connectivity index (χ1n) is 10.6. The molecule has 1 aliphatic carbocycles. The molecular weight excluding hydrogens is 370 g/mol. The molecule has 1 N–H and O–H groups in total. The lowest BCUT2D eigenvalue weighted by molar-refractivity contribution is 0.0940. The monoisotopic (exact) mass is 395 g/mol. The molecule has 0 radical (unpaired) electrons.